The quantitative estimate of drug-likeness (QED) is 0.496. The molecule has 1 aromatic rings. The first-order valence-electron chi connectivity index (χ1n) is 7.07. The number of hydrogen-bond acceptors (Lipinski definition) is 3. The zero-order valence-electron chi connectivity index (χ0n) is 12.0. The van der Waals surface area contributed by atoms with Gasteiger partial charge in [-0.2, -0.15) is 5.10 Å². The third kappa shape index (κ3) is 4.66. The molecule has 4 N–H and O–H groups in total. The minimum Gasteiger partial charge on any atom is -0.369 e. The van der Waals surface area contributed by atoms with Gasteiger partial charge in [0.1, 0.15) is 0 Å². The molecule has 5 heteroatoms. The predicted octanol–water partition coefficient (Wildman–Crippen LogP) is 1.53. The van der Waals surface area contributed by atoms with E-state index in [4.69, 9.17) is 11.5 Å². The Morgan fingerprint density at radius 3 is 2.80 bits per heavy atom. The van der Waals surface area contributed by atoms with Gasteiger partial charge in [0.05, 0.1) is 6.21 Å². The fourth-order valence-corrected chi connectivity index (χ4v) is 2.41. The molecule has 0 aliphatic carbocycles. The molecule has 0 spiro atoms. The summed E-state index contributed by atoms with van der Waals surface area (Å²) in [5.41, 5.74) is 12.8. The number of piperidine rings is 1. The van der Waals surface area contributed by atoms with E-state index in [1.54, 1.807) is 6.21 Å². The molecule has 20 heavy (non-hydrogen) atoms. The topological polar surface area (TPSA) is 80.0 Å². The van der Waals surface area contributed by atoms with Crippen molar-refractivity contribution in [1.82, 2.24) is 4.90 Å². The van der Waals surface area contributed by atoms with E-state index in [9.17, 15) is 0 Å². The maximum Gasteiger partial charge on any atom is 0.211 e. The van der Waals surface area contributed by atoms with E-state index in [1.165, 1.54) is 31.5 Å². The average molecular weight is 273 g/mol. The summed E-state index contributed by atoms with van der Waals surface area (Å²) >= 11 is 0. The van der Waals surface area contributed by atoms with E-state index in [0.29, 0.717) is 0 Å². The zero-order chi connectivity index (χ0) is 14.4. The molecule has 1 aromatic carbocycles. The second-order valence-corrected chi connectivity index (χ2v) is 5.47. The minimum absolute atomic E-state index is 0.0279. The summed E-state index contributed by atoms with van der Waals surface area (Å²) in [5.74, 6) is 0.837. The van der Waals surface area contributed by atoms with Crippen molar-refractivity contribution >= 4 is 12.2 Å². The van der Waals surface area contributed by atoms with Crippen LogP contribution in [0.1, 0.15) is 30.9 Å². The van der Waals surface area contributed by atoms with Crippen LogP contribution >= 0.6 is 0 Å². The molecule has 1 aliphatic heterocycles. The molecule has 1 fully saturated rings. The molecule has 5 nitrogen and oxygen atoms in total. The van der Waals surface area contributed by atoms with Gasteiger partial charge < -0.3 is 11.5 Å². The van der Waals surface area contributed by atoms with Crippen LogP contribution in [0.5, 0.6) is 0 Å². The number of nitrogens with zero attached hydrogens (tertiary/aromatic N) is 3. The Balaban J connectivity index is 1.95. The summed E-state index contributed by atoms with van der Waals surface area (Å²) < 4.78 is 0. The van der Waals surface area contributed by atoms with Gasteiger partial charge in [-0.1, -0.05) is 25.1 Å². The maximum atomic E-state index is 5.23. The Hall–Kier alpha value is -1.88. The van der Waals surface area contributed by atoms with Gasteiger partial charge in [-0.25, -0.2) is 0 Å². The highest BCUT2D eigenvalue weighted by Gasteiger charge is 2.15. The number of benzene rings is 1. The first-order valence-corrected chi connectivity index (χ1v) is 7.07. The Labute approximate surface area is 120 Å². The highest BCUT2D eigenvalue weighted by atomic mass is 15.3. The van der Waals surface area contributed by atoms with Gasteiger partial charge >= 0.3 is 0 Å². The molecule has 0 amide bonds. The summed E-state index contributed by atoms with van der Waals surface area (Å²) in [6.45, 7) is 5.70. The summed E-state index contributed by atoms with van der Waals surface area (Å²) in [4.78, 5) is 2.51. The van der Waals surface area contributed by atoms with Crippen LogP contribution < -0.4 is 11.5 Å². The minimum atomic E-state index is -0.0279. The average Bonchev–Trinajstić information content (AvgIpc) is 2.41. The maximum absolute atomic E-state index is 5.23. The van der Waals surface area contributed by atoms with Crippen molar-refractivity contribution in [2.75, 3.05) is 13.1 Å². The lowest BCUT2D eigenvalue weighted by Gasteiger charge is -2.30. The van der Waals surface area contributed by atoms with Crippen LogP contribution in [-0.4, -0.2) is 30.2 Å². The molecule has 108 valence electrons. The van der Waals surface area contributed by atoms with E-state index in [-0.39, 0.29) is 5.96 Å². The van der Waals surface area contributed by atoms with Crippen molar-refractivity contribution in [1.29, 1.82) is 0 Å². The number of rotatable bonds is 4. The van der Waals surface area contributed by atoms with Gasteiger partial charge in [0.2, 0.25) is 5.96 Å². The van der Waals surface area contributed by atoms with E-state index >= 15 is 0 Å². The van der Waals surface area contributed by atoms with Crippen LogP contribution in [-0.2, 0) is 6.54 Å². The normalized spacial score (nSPS) is 17.4. The SMILES string of the molecule is CC1CCN(Cc2cccc(C=NN=C(N)N)c2)CC1. The van der Waals surface area contributed by atoms with Crippen molar-refractivity contribution in [3.63, 3.8) is 0 Å². The first kappa shape index (κ1) is 14.5. The summed E-state index contributed by atoms with van der Waals surface area (Å²) in [6, 6.07) is 8.31. The Morgan fingerprint density at radius 1 is 1.35 bits per heavy atom. The molecule has 2 rings (SSSR count). The van der Waals surface area contributed by atoms with E-state index in [2.05, 4.69) is 34.2 Å². The number of likely N-dealkylation sites (tertiary alicyclic amines) is 1. The molecule has 0 atom stereocenters. The summed E-state index contributed by atoms with van der Waals surface area (Å²) in [6.07, 6.45) is 4.26. The lowest BCUT2D eigenvalue weighted by molar-refractivity contribution is 0.185. The first-order chi connectivity index (χ1) is 9.63. The fourth-order valence-electron chi connectivity index (χ4n) is 2.41. The number of hydrogen-bond donors (Lipinski definition) is 2. The van der Waals surface area contributed by atoms with Gasteiger partial charge in [0.15, 0.2) is 0 Å². The van der Waals surface area contributed by atoms with Gasteiger partial charge in [-0.15, -0.1) is 5.10 Å². The van der Waals surface area contributed by atoms with Gasteiger partial charge in [-0.3, -0.25) is 4.90 Å². The second-order valence-electron chi connectivity index (χ2n) is 5.47. The van der Waals surface area contributed by atoms with Crippen molar-refractivity contribution in [3.05, 3.63) is 35.4 Å². The molecule has 1 aliphatic rings. The van der Waals surface area contributed by atoms with Crippen molar-refractivity contribution in [2.45, 2.75) is 26.3 Å². The summed E-state index contributed by atoms with van der Waals surface area (Å²) in [5, 5.41) is 7.44. The molecular weight excluding hydrogens is 250 g/mol. The Bertz CT molecular complexity index is 483. The molecule has 1 saturated heterocycles. The molecular formula is C15H23N5. The van der Waals surface area contributed by atoms with Crippen LogP contribution in [0.4, 0.5) is 0 Å². The third-order valence-electron chi connectivity index (χ3n) is 3.61. The Morgan fingerprint density at radius 2 is 2.10 bits per heavy atom. The van der Waals surface area contributed by atoms with Crippen molar-refractivity contribution in [3.8, 4) is 0 Å². The van der Waals surface area contributed by atoms with Crippen LogP contribution in [0.3, 0.4) is 0 Å². The highest BCUT2D eigenvalue weighted by molar-refractivity contribution is 5.81. The van der Waals surface area contributed by atoms with Crippen LogP contribution in [0.15, 0.2) is 34.5 Å². The largest absolute Gasteiger partial charge is 0.369 e. The molecule has 0 unspecified atom stereocenters. The van der Waals surface area contributed by atoms with Crippen LogP contribution in [0.25, 0.3) is 0 Å². The third-order valence-corrected chi connectivity index (χ3v) is 3.61. The standard InChI is InChI=1S/C15H23N5/c1-12-5-7-20(8-6-12)11-14-4-2-3-13(9-14)10-18-19-15(16)17/h2-4,9-10,12H,5-8,11H2,1H3,(H4,16,17,19). The van der Waals surface area contributed by atoms with Crippen LogP contribution in [0.2, 0.25) is 0 Å². The molecule has 0 radical (unpaired) electrons. The van der Waals surface area contributed by atoms with Gasteiger partial charge in [0.25, 0.3) is 0 Å². The zero-order valence-corrected chi connectivity index (χ0v) is 12.0. The lowest BCUT2D eigenvalue weighted by Crippen LogP contribution is -2.32. The van der Waals surface area contributed by atoms with Gasteiger partial charge in [0, 0.05) is 6.54 Å². The lowest BCUT2D eigenvalue weighted by atomic mass is 9.99. The molecule has 0 saturated carbocycles. The van der Waals surface area contributed by atoms with E-state index in [1.807, 2.05) is 12.1 Å². The Kier molecular flexibility index (Phi) is 5.12. The smallest absolute Gasteiger partial charge is 0.211 e. The number of nitrogens with two attached hydrogens (primary N) is 2. The number of guanidine groups is 1. The van der Waals surface area contributed by atoms with E-state index < -0.39 is 0 Å². The van der Waals surface area contributed by atoms with Gasteiger partial charge in [-0.05, 0) is 49.0 Å². The summed E-state index contributed by atoms with van der Waals surface area (Å²) in [7, 11) is 0. The van der Waals surface area contributed by atoms with Crippen molar-refractivity contribution in [2.24, 2.45) is 27.6 Å². The van der Waals surface area contributed by atoms with E-state index in [0.717, 1.165) is 18.0 Å². The molecule has 0 aromatic heterocycles. The highest BCUT2D eigenvalue weighted by Crippen LogP contribution is 2.18. The molecule has 0 bridgehead atoms. The second kappa shape index (κ2) is 7.05. The molecule has 1 heterocycles. The van der Waals surface area contributed by atoms with Crippen molar-refractivity contribution < 1.29 is 0 Å². The predicted molar refractivity (Wildman–Crippen MR) is 83.5 cm³/mol. The fraction of sp³-hybridized carbons (Fsp3) is 0.467. The monoisotopic (exact) mass is 273 g/mol. The van der Waals surface area contributed by atoms with Crippen LogP contribution in [0, 0.1) is 5.92 Å².